The van der Waals surface area contributed by atoms with Gasteiger partial charge in [-0.2, -0.15) is 0 Å². The first-order chi connectivity index (χ1) is 9.31. The summed E-state index contributed by atoms with van der Waals surface area (Å²) in [4.78, 5) is 11.6. The number of hydrogen-bond donors (Lipinski definition) is 2. The van der Waals surface area contributed by atoms with E-state index in [2.05, 4.69) is 10.6 Å². The van der Waals surface area contributed by atoms with Crippen LogP contribution in [-0.2, 0) is 4.79 Å². The van der Waals surface area contributed by atoms with E-state index < -0.39 is 0 Å². The second-order valence-corrected chi connectivity index (χ2v) is 4.22. The van der Waals surface area contributed by atoms with E-state index in [0.717, 1.165) is 23.1 Å². The predicted octanol–water partition coefficient (Wildman–Crippen LogP) is 1.55. The van der Waals surface area contributed by atoms with Crippen molar-refractivity contribution in [3.8, 4) is 5.75 Å². The third-order valence-corrected chi connectivity index (χ3v) is 2.81. The molecule has 2 N–H and O–H groups in total. The SMILES string of the molecule is CNCCNC(=O)COc1cccc2ccccc12. The van der Waals surface area contributed by atoms with E-state index in [0.29, 0.717) is 6.54 Å². The highest BCUT2D eigenvalue weighted by Crippen LogP contribution is 2.24. The number of rotatable bonds is 6. The molecular weight excluding hydrogens is 240 g/mol. The summed E-state index contributed by atoms with van der Waals surface area (Å²) in [5.74, 6) is 0.630. The summed E-state index contributed by atoms with van der Waals surface area (Å²) >= 11 is 0. The van der Waals surface area contributed by atoms with Crippen molar-refractivity contribution in [3.63, 3.8) is 0 Å². The summed E-state index contributed by atoms with van der Waals surface area (Å²) in [5.41, 5.74) is 0. The van der Waals surface area contributed by atoms with Crippen LogP contribution < -0.4 is 15.4 Å². The third kappa shape index (κ3) is 3.69. The average molecular weight is 258 g/mol. The molecule has 0 spiro atoms. The van der Waals surface area contributed by atoms with Crippen LogP contribution >= 0.6 is 0 Å². The smallest absolute Gasteiger partial charge is 0.257 e. The second-order valence-electron chi connectivity index (χ2n) is 4.22. The van der Waals surface area contributed by atoms with Crippen molar-refractivity contribution < 1.29 is 9.53 Å². The molecule has 0 radical (unpaired) electrons. The molecule has 0 saturated carbocycles. The largest absolute Gasteiger partial charge is 0.483 e. The maximum Gasteiger partial charge on any atom is 0.257 e. The minimum Gasteiger partial charge on any atom is -0.483 e. The monoisotopic (exact) mass is 258 g/mol. The zero-order valence-corrected chi connectivity index (χ0v) is 11.0. The molecule has 0 atom stereocenters. The van der Waals surface area contributed by atoms with Gasteiger partial charge in [-0.3, -0.25) is 4.79 Å². The van der Waals surface area contributed by atoms with Gasteiger partial charge in [-0.05, 0) is 18.5 Å². The van der Waals surface area contributed by atoms with Crippen LogP contribution in [0.25, 0.3) is 10.8 Å². The zero-order chi connectivity index (χ0) is 13.5. The van der Waals surface area contributed by atoms with Crippen LogP contribution in [-0.4, -0.2) is 32.7 Å². The van der Waals surface area contributed by atoms with Crippen LogP contribution in [0.2, 0.25) is 0 Å². The van der Waals surface area contributed by atoms with Crippen molar-refractivity contribution in [2.45, 2.75) is 0 Å². The first-order valence-electron chi connectivity index (χ1n) is 6.33. The van der Waals surface area contributed by atoms with Crippen molar-refractivity contribution in [2.75, 3.05) is 26.7 Å². The second kappa shape index (κ2) is 6.75. The fourth-order valence-corrected chi connectivity index (χ4v) is 1.84. The van der Waals surface area contributed by atoms with Gasteiger partial charge in [0, 0.05) is 18.5 Å². The van der Waals surface area contributed by atoms with Crippen molar-refractivity contribution >= 4 is 16.7 Å². The molecule has 0 unspecified atom stereocenters. The fourth-order valence-electron chi connectivity index (χ4n) is 1.84. The Morgan fingerprint density at radius 2 is 1.89 bits per heavy atom. The van der Waals surface area contributed by atoms with Crippen LogP contribution in [0.5, 0.6) is 5.75 Å². The quantitative estimate of drug-likeness (QED) is 0.773. The van der Waals surface area contributed by atoms with Crippen molar-refractivity contribution in [2.24, 2.45) is 0 Å². The number of amides is 1. The summed E-state index contributed by atoms with van der Waals surface area (Å²) in [6, 6.07) is 13.8. The van der Waals surface area contributed by atoms with Crippen molar-refractivity contribution in [1.82, 2.24) is 10.6 Å². The van der Waals surface area contributed by atoms with Crippen molar-refractivity contribution in [3.05, 3.63) is 42.5 Å². The van der Waals surface area contributed by atoms with Gasteiger partial charge < -0.3 is 15.4 Å². The van der Waals surface area contributed by atoms with E-state index >= 15 is 0 Å². The number of likely N-dealkylation sites (N-methyl/N-ethyl adjacent to an activating group) is 1. The van der Waals surface area contributed by atoms with Gasteiger partial charge in [-0.25, -0.2) is 0 Å². The molecule has 4 heteroatoms. The van der Waals surface area contributed by atoms with Gasteiger partial charge in [0.25, 0.3) is 5.91 Å². The van der Waals surface area contributed by atoms with Crippen LogP contribution in [0.15, 0.2) is 42.5 Å². The van der Waals surface area contributed by atoms with E-state index in [1.807, 2.05) is 49.5 Å². The van der Waals surface area contributed by atoms with Gasteiger partial charge in [0.15, 0.2) is 6.61 Å². The van der Waals surface area contributed by atoms with E-state index in [1.165, 1.54) is 0 Å². The molecule has 1 amide bonds. The van der Waals surface area contributed by atoms with Crippen molar-refractivity contribution in [1.29, 1.82) is 0 Å². The molecule has 0 fully saturated rings. The molecule has 100 valence electrons. The van der Waals surface area contributed by atoms with Gasteiger partial charge in [0.2, 0.25) is 0 Å². The molecule has 0 saturated heterocycles. The number of ether oxygens (including phenoxy) is 1. The van der Waals surface area contributed by atoms with E-state index in [-0.39, 0.29) is 12.5 Å². The number of fused-ring (bicyclic) bond motifs is 1. The lowest BCUT2D eigenvalue weighted by Crippen LogP contribution is -2.33. The molecule has 0 heterocycles. The Morgan fingerprint density at radius 3 is 2.74 bits per heavy atom. The first kappa shape index (κ1) is 13.4. The molecule has 0 aliphatic rings. The number of nitrogens with one attached hydrogen (secondary N) is 2. The topological polar surface area (TPSA) is 50.4 Å². The minimum absolute atomic E-state index is 0.0394. The molecule has 0 bridgehead atoms. The molecule has 2 aromatic carbocycles. The Kier molecular flexibility index (Phi) is 4.75. The van der Waals surface area contributed by atoms with Gasteiger partial charge >= 0.3 is 0 Å². The van der Waals surface area contributed by atoms with Gasteiger partial charge in [0.1, 0.15) is 5.75 Å². The van der Waals surface area contributed by atoms with Crippen LogP contribution in [0.4, 0.5) is 0 Å². The number of benzene rings is 2. The Balaban J connectivity index is 1.96. The average Bonchev–Trinajstić information content (AvgIpc) is 2.45. The highest BCUT2D eigenvalue weighted by molar-refractivity contribution is 5.88. The summed E-state index contributed by atoms with van der Waals surface area (Å²) < 4.78 is 5.58. The van der Waals surface area contributed by atoms with E-state index in [1.54, 1.807) is 0 Å². The highest BCUT2D eigenvalue weighted by atomic mass is 16.5. The lowest BCUT2D eigenvalue weighted by atomic mass is 10.1. The molecule has 0 aromatic heterocycles. The number of carbonyl (C=O) groups excluding carboxylic acids is 1. The van der Waals surface area contributed by atoms with Crippen LogP contribution in [0.3, 0.4) is 0 Å². The lowest BCUT2D eigenvalue weighted by Gasteiger charge is -2.09. The maximum absolute atomic E-state index is 11.6. The molecule has 19 heavy (non-hydrogen) atoms. The maximum atomic E-state index is 11.6. The molecule has 4 nitrogen and oxygen atoms in total. The minimum atomic E-state index is -0.108. The molecule has 0 aliphatic carbocycles. The number of carbonyl (C=O) groups is 1. The summed E-state index contributed by atoms with van der Waals surface area (Å²) in [6.07, 6.45) is 0. The van der Waals surface area contributed by atoms with Gasteiger partial charge in [0.05, 0.1) is 0 Å². The number of hydrogen-bond acceptors (Lipinski definition) is 3. The molecule has 0 aliphatic heterocycles. The third-order valence-electron chi connectivity index (χ3n) is 2.81. The Bertz CT molecular complexity index is 549. The zero-order valence-electron chi connectivity index (χ0n) is 11.0. The molecular formula is C15H18N2O2. The van der Waals surface area contributed by atoms with Gasteiger partial charge in [-0.15, -0.1) is 0 Å². The summed E-state index contributed by atoms with van der Waals surface area (Å²) in [7, 11) is 1.85. The standard InChI is InChI=1S/C15H18N2O2/c1-16-9-10-17-15(18)11-19-14-8-4-6-12-5-2-3-7-13(12)14/h2-8,16H,9-11H2,1H3,(H,17,18). The summed E-state index contributed by atoms with van der Waals surface area (Å²) in [6.45, 7) is 1.39. The molecule has 2 aromatic rings. The Hall–Kier alpha value is -2.07. The first-order valence-corrected chi connectivity index (χ1v) is 6.33. The molecule has 2 rings (SSSR count). The van der Waals surface area contributed by atoms with Crippen LogP contribution in [0.1, 0.15) is 0 Å². The highest BCUT2D eigenvalue weighted by Gasteiger charge is 2.04. The predicted molar refractivity (Wildman–Crippen MR) is 76.4 cm³/mol. The Labute approximate surface area is 112 Å². The van der Waals surface area contributed by atoms with Gasteiger partial charge in [-0.1, -0.05) is 36.4 Å². The lowest BCUT2D eigenvalue weighted by molar-refractivity contribution is -0.123. The van der Waals surface area contributed by atoms with Crippen LogP contribution in [0, 0.1) is 0 Å². The Morgan fingerprint density at radius 1 is 1.11 bits per heavy atom. The summed E-state index contributed by atoms with van der Waals surface area (Å²) in [5, 5.41) is 7.87. The fraction of sp³-hybridized carbons (Fsp3) is 0.267. The van der Waals surface area contributed by atoms with E-state index in [4.69, 9.17) is 4.74 Å². The van der Waals surface area contributed by atoms with E-state index in [9.17, 15) is 4.79 Å². The normalized spacial score (nSPS) is 10.4.